The van der Waals surface area contributed by atoms with Gasteiger partial charge in [0.15, 0.2) is 0 Å². The minimum Gasteiger partial charge on any atom is -0.497 e. The zero-order valence-corrected chi connectivity index (χ0v) is 26.5. The van der Waals surface area contributed by atoms with E-state index in [1.807, 2.05) is 46.8 Å². The van der Waals surface area contributed by atoms with Crippen molar-refractivity contribution in [3.8, 4) is 40.4 Å². The summed E-state index contributed by atoms with van der Waals surface area (Å²) in [5.41, 5.74) is 2.48. The van der Waals surface area contributed by atoms with Crippen LogP contribution in [0.1, 0.15) is 21.6 Å². The third-order valence-electron chi connectivity index (χ3n) is 8.43. The minimum atomic E-state index is -4.44. The van der Waals surface area contributed by atoms with Crippen LogP contribution in [0.15, 0.2) is 89.7 Å². The Labute approximate surface area is 278 Å². The monoisotopic (exact) mass is 669 g/mol. The molecule has 0 spiro atoms. The third kappa shape index (κ3) is 6.81. The molecule has 1 aliphatic heterocycles. The Bertz CT molecular complexity index is 2090. The number of aryl methyl sites for hydroxylation is 1. The molecule has 0 radical (unpaired) electrons. The summed E-state index contributed by atoms with van der Waals surface area (Å²) < 4.78 is 57.0. The Hall–Kier alpha value is -5.76. The first-order valence-corrected chi connectivity index (χ1v) is 15.4. The standard InChI is InChI=1S/C35H30F3N7O4/c1-43-29-18-27(48-31-20-39-28(19-40-31)33-41-32(42-49-33)23-5-8-25(9-6-23)35(36,37)38)12-7-24(29)17-30(43)34(46)45-15-13-44(14-16-45)21-22-3-10-26(47-2)11-4-22/h3-12,17-20H,13-16,21H2,1-2H3. The lowest BCUT2D eigenvalue weighted by molar-refractivity contribution is -0.137. The van der Waals surface area contributed by atoms with Crippen molar-refractivity contribution in [3.63, 3.8) is 0 Å². The van der Waals surface area contributed by atoms with Crippen LogP contribution in [0.5, 0.6) is 17.4 Å². The van der Waals surface area contributed by atoms with Gasteiger partial charge in [0.1, 0.15) is 22.9 Å². The van der Waals surface area contributed by atoms with Crippen molar-refractivity contribution in [1.82, 2.24) is 34.5 Å². The van der Waals surface area contributed by atoms with E-state index >= 15 is 0 Å². The van der Waals surface area contributed by atoms with Gasteiger partial charge in [-0.15, -0.1) is 0 Å². The third-order valence-corrected chi connectivity index (χ3v) is 8.43. The molecule has 0 bridgehead atoms. The van der Waals surface area contributed by atoms with E-state index in [1.165, 1.54) is 30.1 Å². The van der Waals surface area contributed by atoms with Gasteiger partial charge < -0.3 is 23.5 Å². The summed E-state index contributed by atoms with van der Waals surface area (Å²) in [6.07, 6.45) is -1.64. The summed E-state index contributed by atoms with van der Waals surface area (Å²) in [5.74, 6) is 1.69. The van der Waals surface area contributed by atoms with Gasteiger partial charge in [-0.3, -0.25) is 9.69 Å². The molecule has 0 aliphatic carbocycles. The van der Waals surface area contributed by atoms with Crippen LogP contribution in [0, 0.1) is 0 Å². The van der Waals surface area contributed by atoms with E-state index in [2.05, 4.69) is 37.1 Å². The van der Waals surface area contributed by atoms with Crippen LogP contribution in [-0.2, 0) is 19.8 Å². The number of ether oxygens (including phenoxy) is 2. The van der Waals surface area contributed by atoms with Crippen LogP contribution < -0.4 is 9.47 Å². The average Bonchev–Trinajstić information content (AvgIpc) is 3.74. The highest BCUT2D eigenvalue weighted by molar-refractivity contribution is 5.99. The molecule has 3 aromatic heterocycles. The molecule has 11 nitrogen and oxygen atoms in total. The molecule has 0 atom stereocenters. The topological polar surface area (TPSA) is 112 Å². The van der Waals surface area contributed by atoms with Gasteiger partial charge in [-0.05, 0) is 48.0 Å². The smallest absolute Gasteiger partial charge is 0.416 e. The maximum atomic E-state index is 13.5. The summed E-state index contributed by atoms with van der Waals surface area (Å²) in [4.78, 5) is 30.6. The fraction of sp³-hybridized carbons (Fsp3) is 0.229. The number of piperazine rings is 1. The zero-order chi connectivity index (χ0) is 34.1. The molecule has 1 saturated heterocycles. The van der Waals surface area contributed by atoms with Crippen LogP contribution in [0.4, 0.5) is 13.2 Å². The van der Waals surface area contributed by atoms with Crippen molar-refractivity contribution in [2.45, 2.75) is 12.7 Å². The predicted octanol–water partition coefficient (Wildman–Crippen LogP) is 6.46. The van der Waals surface area contributed by atoms with Crippen molar-refractivity contribution in [2.75, 3.05) is 33.3 Å². The molecule has 0 unspecified atom stereocenters. The number of halogens is 3. The molecule has 0 saturated carbocycles. The van der Waals surface area contributed by atoms with E-state index in [-0.39, 0.29) is 29.2 Å². The van der Waals surface area contributed by atoms with Gasteiger partial charge in [0.25, 0.3) is 11.8 Å². The molecular formula is C35H30F3N7O4. The lowest BCUT2D eigenvalue weighted by Gasteiger charge is -2.34. The SMILES string of the molecule is COc1ccc(CN2CCN(C(=O)c3cc4ccc(Oc5cnc(-c6nc(-c7ccc(C(F)(F)F)cc7)no6)cn5)cc4n3C)CC2)cc1. The van der Waals surface area contributed by atoms with E-state index in [4.69, 9.17) is 14.0 Å². The zero-order valence-electron chi connectivity index (χ0n) is 26.5. The van der Waals surface area contributed by atoms with E-state index in [0.29, 0.717) is 30.1 Å². The molecule has 6 aromatic rings. The Balaban J connectivity index is 0.980. The van der Waals surface area contributed by atoms with Crippen LogP contribution in [0.3, 0.4) is 0 Å². The average molecular weight is 670 g/mol. The number of rotatable bonds is 8. The van der Waals surface area contributed by atoms with Crippen molar-refractivity contribution < 1.29 is 32.0 Å². The maximum absolute atomic E-state index is 13.5. The molecule has 7 rings (SSSR count). The Morgan fingerprint density at radius 1 is 0.898 bits per heavy atom. The van der Waals surface area contributed by atoms with Gasteiger partial charge in [-0.2, -0.15) is 18.2 Å². The first-order chi connectivity index (χ1) is 23.6. The number of aromatic nitrogens is 5. The van der Waals surface area contributed by atoms with Gasteiger partial charge in [-0.25, -0.2) is 9.97 Å². The summed E-state index contributed by atoms with van der Waals surface area (Å²) in [5, 5.41) is 4.75. The molecular weight excluding hydrogens is 639 g/mol. The highest BCUT2D eigenvalue weighted by atomic mass is 19.4. The number of amides is 1. The fourth-order valence-corrected chi connectivity index (χ4v) is 5.69. The number of hydrogen-bond acceptors (Lipinski definition) is 9. The highest BCUT2D eigenvalue weighted by Gasteiger charge is 2.30. The predicted molar refractivity (Wildman–Crippen MR) is 173 cm³/mol. The molecule has 14 heteroatoms. The molecule has 3 aromatic carbocycles. The lowest BCUT2D eigenvalue weighted by atomic mass is 10.1. The number of nitrogens with zero attached hydrogens (tertiary/aromatic N) is 7. The van der Waals surface area contributed by atoms with E-state index < -0.39 is 11.7 Å². The quantitative estimate of drug-likeness (QED) is 0.180. The van der Waals surface area contributed by atoms with Crippen LogP contribution in [0.2, 0.25) is 0 Å². The number of hydrogen-bond donors (Lipinski definition) is 0. The second-order valence-electron chi connectivity index (χ2n) is 11.6. The Morgan fingerprint density at radius 3 is 2.31 bits per heavy atom. The molecule has 0 N–H and O–H groups in total. The fourth-order valence-electron chi connectivity index (χ4n) is 5.69. The van der Waals surface area contributed by atoms with Crippen LogP contribution in [-0.4, -0.2) is 73.7 Å². The summed E-state index contributed by atoms with van der Waals surface area (Å²) >= 11 is 0. The first-order valence-electron chi connectivity index (χ1n) is 15.4. The summed E-state index contributed by atoms with van der Waals surface area (Å²) in [6.45, 7) is 3.66. The van der Waals surface area contributed by atoms with Crippen molar-refractivity contribution in [3.05, 3.63) is 102 Å². The Kier molecular flexibility index (Phi) is 8.46. The summed E-state index contributed by atoms with van der Waals surface area (Å²) in [6, 6.07) is 19.9. The van der Waals surface area contributed by atoms with Gasteiger partial charge in [0, 0.05) is 56.8 Å². The minimum absolute atomic E-state index is 0.0192. The van der Waals surface area contributed by atoms with E-state index in [0.717, 1.165) is 48.4 Å². The van der Waals surface area contributed by atoms with Gasteiger partial charge in [0.05, 0.1) is 30.6 Å². The van der Waals surface area contributed by atoms with Gasteiger partial charge in [0.2, 0.25) is 11.7 Å². The Morgan fingerprint density at radius 2 is 1.63 bits per heavy atom. The van der Waals surface area contributed by atoms with E-state index in [1.54, 1.807) is 13.2 Å². The number of methoxy groups -OCH3 is 1. The first kappa shape index (κ1) is 31.8. The molecule has 250 valence electrons. The van der Waals surface area contributed by atoms with Crippen molar-refractivity contribution in [1.29, 1.82) is 0 Å². The normalized spacial score (nSPS) is 13.9. The van der Waals surface area contributed by atoms with Crippen LogP contribution >= 0.6 is 0 Å². The largest absolute Gasteiger partial charge is 0.497 e. The van der Waals surface area contributed by atoms with E-state index in [9.17, 15) is 18.0 Å². The lowest BCUT2D eigenvalue weighted by Crippen LogP contribution is -2.48. The molecule has 1 fully saturated rings. The number of fused-ring (bicyclic) bond motifs is 1. The number of carbonyl (C=O) groups excluding carboxylic acids is 1. The molecule has 49 heavy (non-hydrogen) atoms. The number of carbonyl (C=O) groups is 1. The van der Waals surface area contributed by atoms with Gasteiger partial charge >= 0.3 is 6.18 Å². The van der Waals surface area contributed by atoms with Crippen molar-refractivity contribution >= 4 is 16.8 Å². The molecule has 1 aliphatic rings. The maximum Gasteiger partial charge on any atom is 0.416 e. The molecule has 1 amide bonds. The van der Waals surface area contributed by atoms with Gasteiger partial charge in [-0.1, -0.05) is 29.4 Å². The second kappa shape index (κ2) is 13.0. The number of alkyl halides is 3. The number of benzene rings is 3. The highest BCUT2D eigenvalue weighted by Crippen LogP contribution is 2.31. The second-order valence-corrected chi connectivity index (χ2v) is 11.6. The summed E-state index contributed by atoms with van der Waals surface area (Å²) in [7, 11) is 3.51. The molecule has 4 heterocycles. The van der Waals surface area contributed by atoms with Crippen molar-refractivity contribution in [2.24, 2.45) is 7.05 Å². The van der Waals surface area contributed by atoms with Crippen LogP contribution in [0.25, 0.3) is 33.9 Å².